The molecule has 110 valence electrons. The standard InChI is InChI=1S/C16H17FN2O2/c17-13-3-1-2-11(8-13)9-16(21)19-10-15(20)12-4-6-14(18)7-5-12/h1-8,15,20H,9-10,18H2,(H,19,21). The Morgan fingerprint density at radius 3 is 2.62 bits per heavy atom. The molecule has 0 radical (unpaired) electrons. The topological polar surface area (TPSA) is 75.3 Å². The Labute approximate surface area is 122 Å². The van der Waals surface area contributed by atoms with E-state index < -0.39 is 6.10 Å². The van der Waals surface area contributed by atoms with Crippen LogP contribution in [0.5, 0.6) is 0 Å². The molecule has 0 saturated heterocycles. The molecule has 0 fully saturated rings. The number of anilines is 1. The van der Waals surface area contributed by atoms with Crippen molar-refractivity contribution in [3.05, 3.63) is 65.5 Å². The third kappa shape index (κ3) is 4.57. The second kappa shape index (κ2) is 6.85. The third-order valence-electron chi connectivity index (χ3n) is 3.07. The van der Waals surface area contributed by atoms with E-state index in [0.717, 1.165) is 0 Å². The number of nitrogens with two attached hydrogens (primary N) is 1. The predicted octanol–water partition coefficient (Wildman–Crippen LogP) is 1.80. The van der Waals surface area contributed by atoms with Crippen molar-refractivity contribution in [2.75, 3.05) is 12.3 Å². The van der Waals surface area contributed by atoms with E-state index in [1.54, 1.807) is 36.4 Å². The zero-order valence-corrected chi connectivity index (χ0v) is 11.4. The largest absolute Gasteiger partial charge is 0.399 e. The number of carbonyl (C=O) groups is 1. The third-order valence-corrected chi connectivity index (χ3v) is 3.07. The first-order valence-corrected chi connectivity index (χ1v) is 6.59. The smallest absolute Gasteiger partial charge is 0.224 e. The number of halogens is 1. The van der Waals surface area contributed by atoms with Gasteiger partial charge in [0.15, 0.2) is 0 Å². The van der Waals surface area contributed by atoms with Gasteiger partial charge in [-0.2, -0.15) is 0 Å². The summed E-state index contributed by atoms with van der Waals surface area (Å²) in [6.07, 6.45) is -0.728. The number of hydrogen-bond acceptors (Lipinski definition) is 3. The molecule has 4 N–H and O–H groups in total. The van der Waals surface area contributed by atoms with Gasteiger partial charge in [-0.1, -0.05) is 24.3 Å². The highest BCUT2D eigenvalue weighted by atomic mass is 19.1. The van der Waals surface area contributed by atoms with Crippen molar-refractivity contribution in [1.82, 2.24) is 5.32 Å². The first kappa shape index (κ1) is 15.0. The summed E-state index contributed by atoms with van der Waals surface area (Å²) in [5.41, 5.74) is 7.45. The SMILES string of the molecule is Nc1ccc(C(O)CNC(=O)Cc2cccc(F)c2)cc1. The van der Waals surface area contributed by atoms with Crippen LogP contribution in [0.3, 0.4) is 0 Å². The maximum atomic E-state index is 13.0. The van der Waals surface area contributed by atoms with E-state index in [0.29, 0.717) is 16.8 Å². The summed E-state index contributed by atoms with van der Waals surface area (Å²) in [5, 5.41) is 12.6. The van der Waals surface area contributed by atoms with Crippen molar-refractivity contribution in [3.8, 4) is 0 Å². The highest BCUT2D eigenvalue weighted by Crippen LogP contribution is 2.14. The molecule has 0 saturated carbocycles. The van der Waals surface area contributed by atoms with Gasteiger partial charge in [0.25, 0.3) is 0 Å². The van der Waals surface area contributed by atoms with E-state index >= 15 is 0 Å². The van der Waals surface area contributed by atoms with Gasteiger partial charge in [-0.15, -0.1) is 0 Å². The van der Waals surface area contributed by atoms with Crippen LogP contribution in [0.4, 0.5) is 10.1 Å². The summed E-state index contributed by atoms with van der Waals surface area (Å²) in [6.45, 7) is 0.0953. The molecule has 0 spiro atoms. The molecular formula is C16H17FN2O2. The summed E-state index contributed by atoms with van der Waals surface area (Å²) >= 11 is 0. The Hall–Kier alpha value is -2.40. The molecule has 1 amide bonds. The lowest BCUT2D eigenvalue weighted by Gasteiger charge is -2.12. The van der Waals surface area contributed by atoms with Crippen LogP contribution in [0.15, 0.2) is 48.5 Å². The highest BCUT2D eigenvalue weighted by molar-refractivity contribution is 5.78. The summed E-state index contributed by atoms with van der Waals surface area (Å²) in [6, 6.07) is 12.7. The van der Waals surface area contributed by atoms with E-state index in [1.165, 1.54) is 12.1 Å². The molecule has 1 unspecified atom stereocenters. The monoisotopic (exact) mass is 288 g/mol. The minimum atomic E-state index is -0.804. The average molecular weight is 288 g/mol. The summed E-state index contributed by atoms with van der Waals surface area (Å²) in [7, 11) is 0. The number of benzene rings is 2. The Morgan fingerprint density at radius 2 is 1.95 bits per heavy atom. The van der Waals surface area contributed by atoms with Gasteiger partial charge in [0.2, 0.25) is 5.91 Å². The molecule has 2 aromatic rings. The lowest BCUT2D eigenvalue weighted by molar-refractivity contribution is -0.120. The second-order valence-electron chi connectivity index (χ2n) is 4.79. The molecular weight excluding hydrogens is 271 g/mol. The normalized spacial score (nSPS) is 11.9. The molecule has 1 atom stereocenters. The Balaban J connectivity index is 1.84. The van der Waals surface area contributed by atoms with Gasteiger partial charge in [-0.05, 0) is 35.4 Å². The summed E-state index contributed by atoms with van der Waals surface area (Å²) in [4.78, 5) is 11.7. The predicted molar refractivity (Wildman–Crippen MR) is 78.9 cm³/mol. The molecule has 0 heterocycles. The Kier molecular flexibility index (Phi) is 4.90. The van der Waals surface area contributed by atoms with Crippen LogP contribution in [0.25, 0.3) is 0 Å². The summed E-state index contributed by atoms with van der Waals surface area (Å²) in [5.74, 6) is -0.641. The quantitative estimate of drug-likeness (QED) is 0.734. The number of rotatable bonds is 5. The number of aliphatic hydroxyl groups is 1. The van der Waals surface area contributed by atoms with Crippen molar-refractivity contribution in [2.24, 2.45) is 0 Å². The fraction of sp³-hybridized carbons (Fsp3) is 0.188. The van der Waals surface area contributed by atoms with E-state index in [1.807, 2.05) is 0 Å². The molecule has 0 bridgehead atoms. The van der Waals surface area contributed by atoms with Crippen molar-refractivity contribution in [2.45, 2.75) is 12.5 Å². The zero-order valence-electron chi connectivity index (χ0n) is 11.4. The van der Waals surface area contributed by atoms with E-state index in [-0.39, 0.29) is 24.7 Å². The van der Waals surface area contributed by atoms with Crippen molar-refractivity contribution < 1.29 is 14.3 Å². The molecule has 21 heavy (non-hydrogen) atoms. The van der Waals surface area contributed by atoms with Crippen LogP contribution >= 0.6 is 0 Å². The van der Waals surface area contributed by atoms with Gasteiger partial charge < -0.3 is 16.2 Å². The number of nitrogen functional groups attached to an aromatic ring is 1. The Morgan fingerprint density at radius 1 is 1.24 bits per heavy atom. The minimum Gasteiger partial charge on any atom is -0.399 e. The minimum absolute atomic E-state index is 0.0756. The first-order chi connectivity index (χ1) is 10.0. The van der Waals surface area contributed by atoms with Crippen molar-refractivity contribution in [3.63, 3.8) is 0 Å². The van der Waals surface area contributed by atoms with Gasteiger partial charge in [0.05, 0.1) is 12.5 Å². The lowest BCUT2D eigenvalue weighted by atomic mass is 10.1. The lowest BCUT2D eigenvalue weighted by Crippen LogP contribution is -2.29. The molecule has 0 aliphatic rings. The van der Waals surface area contributed by atoms with Crippen LogP contribution < -0.4 is 11.1 Å². The zero-order chi connectivity index (χ0) is 15.2. The van der Waals surface area contributed by atoms with Gasteiger partial charge in [0.1, 0.15) is 5.82 Å². The van der Waals surface area contributed by atoms with E-state index in [9.17, 15) is 14.3 Å². The number of hydrogen-bond donors (Lipinski definition) is 3. The Bertz CT molecular complexity index is 614. The number of nitrogens with one attached hydrogen (secondary N) is 1. The van der Waals surface area contributed by atoms with E-state index in [4.69, 9.17) is 5.73 Å². The number of aliphatic hydroxyl groups excluding tert-OH is 1. The van der Waals surface area contributed by atoms with Gasteiger partial charge >= 0.3 is 0 Å². The fourth-order valence-electron chi connectivity index (χ4n) is 1.94. The number of carbonyl (C=O) groups excluding carboxylic acids is 1. The molecule has 5 heteroatoms. The number of amides is 1. The summed E-state index contributed by atoms with van der Waals surface area (Å²) < 4.78 is 13.0. The molecule has 2 rings (SSSR count). The maximum Gasteiger partial charge on any atom is 0.224 e. The highest BCUT2D eigenvalue weighted by Gasteiger charge is 2.10. The average Bonchev–Trinajstić information content (AvgIpc) is 2.45. The van der Waals surface area contributed by atoms with E-state index in [2.05, 4.69) is 5.32 Å². The molecule has 0 aliphatic heterocycles. The van der Waals surface area contributed by atoms with Crippen LogP contribution in [-0.2, 0) is 11.2 Å². The van der Waals surface area contributed by atoms with Crippen molar-refractivity contribution >= 4 is 11.6 Å². The van der Waals surface area contributed by atoms with Gasteiger partial charge in [-0.25, -0.2) is 4.39 Å². The second-order valence-corrected chi connectivity index (χ2v) is 4.79. The molecule has 0 aromatic heterocycles. The van der Waals surface area contributed by atoms with Crippen LogP contribution in [0.1, 0.15) is 17.2 Å². The maximum absolute atomic E-state index is 13.0. The molecule has 0 aliphatic carbocycles. The fourth-order valence-corrected chi connectivity index (χ4v) is 1.94. The first-order valence-electron chi connectivity index (χ1n) is 6.59. The van der Waals surface area contributed by atoms with Crippen molar-refractivity contribution in [1.29, 1.82) is 0 Å². The van der Waals surface area contributed by atoms with Gasteiger partial charge in [-0.3, -0.25) is 4.79 Å². The van der Waals surface area contributed by atoms with Crippen LogP contribution in [0.2, 0.25) is 0 Å². The molecule has 2 aromatic carbocycles. The molecule has 4 nitrogen and oxygen atoms in total. The van der Waals surface area contributed by atoms with Crippen LogP contribution in [0, 0.1) is 5.82 Å². The van der Waals surface area contributed by atoms with Crippen LogP contribution in [-0.4, -0.2) is 17.6 Å². The van der Waals surface area contributed by atoms with Gasteiger partial charge in [0, 0.05) is 12.2 Å².